The number of carbonyl (C=O) groups excluding carboxylic acids is 2. The van der Waals surface area contributed by atoms with Crippen LogP contribution < -0.4 is 10.4 Å². The molecule has 3 aliphatic rings. The molecule has 4 N–H and O–H groups in total. The van der Waals surface area contributed by atoms with Gasteiger partial charge in [0, 0.05) is 0 Å². The molecule has 0 saturated carbocycles. The number of phenolic OH excluding ortho intramolecular Hbond substituents is 1. The molecule has 0 bridgehead atoms. The number of anilines is 1. The van der Waals surface area contributed by atoms with Crippen LogP contribution in [0.5, 0.6) is 5.75 Å². The van der Waals surface area contributed by atoms with Gasteiger partial charge in [0.1, 0.15) is 5.75 Å². The van der Waals surface area contributed by atoms with Crippen LogP contribution in [-0.2, 0) is 14.2 Å². The summed E-state index contributed by atoms with van der Waals surface area (Å²) in [7, 11) is -2.92. The fourth-order valence-corrected chi connectivity index (χ4v) is 5.57. The van der Waals surface area contributed by atoms with E-state index in [9.17, 15) is 29.8 Å². The van der Waals surface area contributed by atoms with Crippen LogP contribution in [0.4, 0.5) is 5.69 Å². The number of carbonyl (C=O) groups is 2. The molecule has 0 radical (unpaired) electrons. The van der Waals surface area contributed by atoms with E-state index in [1.165, 1.54) is 12.1 Å². The highest BCUT2D eigenvalue weighted by atomic mass is 16.5. The van der Waals surface area contributed by atoms with E-state index in [0.717, 1.165) is 10.5 Å². The molecule has 2 aliphatic heterocycles. The topological polar surface area (TPSA) is 128 Å². The first kappa shape index (κ1) is 21.9. The van der Waals surface area contributed by atoms with Crippen molar-refractivity contribution in [1.82, 2.24) is 0 Å². The van der Waals surface area contributed by atoms with Crippen molar-refractivity contribution in [2.75, 3.05) is 4.90 Å². The van der Waals surface area contributed by atoms with Crippen molar-refractivity contribution in [3.8, 4) is 5.75 Å². The summed E-state index contributed by atoms with van der Waals surface area (Å²) >= 11 is 0. The standard InChI is InChI=1S/C23H23B2NO7/c1-12-8-18-20(23(29)26(22(18)28)15-6-3-5-14(10-15)24(30)31)17-11-19(33-25(32)21(12)17)13-4-2-7-16(27)9-13/h2-7,9-10,17-20,27,30-32H,8,11H2,1H3/t17-,18-,19-,20+/m0/s1. The minimum atomic E-state index is -1.72. The highest BCUT2D eigenvalue weighted by Gasteiger charge is 2.57. The summed E-state index contributed by atoms with van der Waals surface area (Å²) in [6, 6.07) is 12.7. The van der Waals surface area contributed by atoms with Gasteiger partial charge in [0.25, 0.3) is 0 Å². The summed E-state index contributed by atoms with van der Waals surface area (Å²) in [4.78, 5) is 28.1. The van der Waals surface area contributed by atoms with Gasteiger partial charge in [0.05, 0.1) is 23.6 Å². The van der Waals surface area contributed by atoms with Crippen LogP contribution in [0.1, 0.15) is 31.4 Å². The molecule has 2 heterocycles. The second-order valence-electron chi connectivity index (χ2n) is 8.97. The third kappa shape index (κ3) is 3.59. The summed E-state index contributed by atoms with van der Waals surface area (Å²) in [5.41, 5.74) is 2.65. The number of nitrogens with zero attached hydrogens (tertiary/aromatic N) is 1. The Kier molecular flexibility index (Phi) is 5.41. The van der Waals surface area contributed by atoms with Crippen molar-refractivity contribution in [3.63, 3.8) is 0 Å². The first-order valence-electron chi connectivity index (χ1n) is 10.9. The second kappa shape index (κ2) is 8.14. The number of hydrogen-bond donors (Lipinski definition) is 4. The van der Waals surface area contributed by atoms with Crippen LogP contribution in [0, 0.1) is 17.8 Å². The van der Waals surface area contributed by atoms with Crippen molar-refractivity contribution in [3.05, 3.63) is 65.1 Å². The molecule has 8 nitrogen and oxygen atoms in total. The van der Waals surface area contributed by atoms with E-state index in [2.05, 4.69) is 0 Å². The van der Waals surface area contributed by atoms with Gasteiger partial charge in [-0.25, -0.2) is 0 Å². The molecule has 2 aromatic rings. The maximum absolute atomic E-state index is 13.6. The Morgan fingerprint density at radius 1 is 1.06 bits per heavy atom. The van der Waals surface area contributed by atoms with Crippen LogP contribution in [0.2, 0.25) is 0 Å². The van der Waals surface area contributed by atoms with Gasteiger partial charge in [0.15, 0.2) is 0 Å². The Morgan fingerprint density at radius 3 is 2.55 bits per heavy atom. The summed E-state index contributed by atoms with van der Waals surface area (Å²) in [5.74, 6) is -2.24. The second-order valence-corrected chi connectivity index (χ2v) is 8.97. The molecular formula is C23H23B2NO7. The number of phenols is 1. The normalized spacial score (nSPS) is 27.0. The molecule has 10 heteroatoms. The molecular weight excluding hydrogens is 424 g/mol. The van der Waals surface area contributed by atoms with Gasteiger partial charge in [-0.05, 0) is 66.4 Å². The maximum atomic E-state index is 13.6. The van der Waals surface area contributed by atoms with Crippen molar-refractivity contribution in [2.45, 2.75) is 25.9 Å². The van der Waals surface area contributed by atoms with Gasteiger partial charge in [-0.15, -0.1) is 0 Å². The minimum absolute atomic E-state index is 0.0777. The lowest BCUT2D eigenvalue weighted by molar-refractivity contribution is -0.123. The number of aromatic hydroxyl groups is 1. The van der Waals surface area contributed by atoms with Crippen molar-refractivity contribution < 1.29 is 34.4 Å². The highest BCUT2D eigenvalue weighted by Crippen LogP contribution is 2.51. The van der Waals surface area contributed by atoms with E-state index < -0.39 is 38.1 Å². The summed E-state index contributed by atoms with van der Waals surface area (Å²) in [5, 5.41) is 39.7. The highest BCUT2D eigenvalue weighted by molar-refractivity contribution is 6.58. The number of fused-ring (bicyclic) bond motifs is 3. The molecule has 1 aliphatic carbocycles. The zero-order chi connectivity index (χ0) is 23.4. The van der Waals surface area contributed by atoms with E-state index in [0.29, 0.717) is 29.6 Å². The zero-order valence-electron chi connectivity index (χ0n) is 18.0. The zero-order valence-corrected chi connectivity index (χ0v) is 18.0. The average Bonchev–Trinajstić information content (AvgIpc) is 3.03. The van der Waals surface area contributed by atoms with Gasteiger partial charge in [0.2, 0.25) is 11.8 Å². The van der Waals surface area contributed by atoms with Gasteiger partial charge >= 0.3 is 14.2 Å². The molecule has 2 aromatic carbocycles. The molecule has 2 amide bonds. The van der Waals surface area contributed by atoms with Gasteiger partial charge < -0.3 is 24.8 Å². The van der Waals surface area contributed by atoms with Gasteiger partial charge in [-0.1, -0.05) is 29.8 Å². The lowest BCUT2D eigenvalue weighted by atomic mass is 9.55. The number of hydrogen-bond acceptors (Lipinski definition) is 7. The van der Waals surface area contributed by atoms with Crippen LogP contribution in [0.15, 0.2) is 59.6 Å². The molecule has 0 spiro atoms. The maximum Gasteiger partial charge on any atom is 0.488 e. The number of amides is 2. The van der Waals surface area contributed by atoms with E-state index in [4.69, 9.17) is 4.65 Å². The van der Waals surface area contributed by atoms with Crippen LogP contribution in [-0.4, -0.2) is 46.2 Å². The lowest BCUT2D eigenvalue weighted by Crippen LogP contribution is -2.44. The molecule has 4 atom stereocenters. The smallest absolute Gasteiger partial charge is 0.488 e. The SMILES string of the molecule is CC1=C2B(O)O[C@H](c3cccc(O)c3)C[C@H]2[C@H]2C(=O)N(c3cccc(B(O)O)c3)C(=O)[C@H]2C1. The van der Waals surface area contributed by atoms with E-state index in [1.54, 1.807) is 36.4 Å². The molecule has 168 valence electrons. The Morgan fingerprint density at radius 2 is 1.82 bits per heavy atom. The predicted octanol–water partition coefficient (Wildman–Crippen LogP) is 0.695. The van der Waals surface area contributed by atoms with Gasteiger partial charge in [-0.2, -0.15) is 0 Å². The molecule has 33 heavy (non-hydrogen) atoms. The summed E-state index contributed by atoms with van der Waals surface area (Å²) < 4.78 is 5.85. The third-order valence-electron chi connectivity index (χ3n) is 7.02. The first-order valence-corrected chi connectivity index (χ1v) is 10.9. The minimum Gasteiger partial charge on any atom is -0.508 e. The molecule has 5 rings (SSSR count). The predicted molar refractivity (Wildman–Crippen MR) is 121 cm³/mol. The van der Waals surface area contributed by atoms with E-state index in [-0.39, 0.29) is 23.0 Å². The summed E-state index contributed by atoms with van der Waals surface area (Å²) in [6.07, 6.45) is 0.186. The molecule has 0 aromatic heterocycles. The third-order valence-corrected chi connectivity index (χ3v) is 7.02. The Hall–Kier alpha value is -2.91. The Bertz CT molecular complexity index is 1170. The average molecular weight is 447 g/mol. The van der Waals surface area contributed by atoms with Crippen molar-refractivity contribution in [2.24, 2.45) is 17.8 Å². The number of rotatable bonds is 3. The van der Waals surface area contributed by atoms with Crippen molar-refractivity contribution >= 4 is 37.2 Å². The van der Waals surface area contributed by atoms with E-state index >= 15 is 0 Å². The quantitative estimate of drug-likeness (QED) is 0.403. The molecule has 2 fully saturated rings. The fourth-order valence-electron chi connectivity index (χ4n) is 5.57. The largest absolute Gasteiger partial charge is 0.508 e. The van der Waals surface area contributed by atoms with Crippen LogP contribution in [0.25, 0.3) is 0 Å². The van der Waals surface area contributed by atoms with E-state index in [1.807, 2.05) is 6.92 Å². The fraction of sp³-hybridized carbons (Fsp3) is 0.304. The lowest BCUT2D eigenvalue weighted by Gasteiger charge is -2.41. The van der Waals surface area contributed by atoms with Crippen LogP contribution >= 0.6 is 0 Å². The molecule has 0 unspecified atom stereocenters. The first-order chi connectivity index (χ1) is 15.8. The number of benzene rings is 2. The Balaban J connectivity index is 1.51. The monoisotopic (exact) mass is 447 g/mol. The van der Waals surface area contributed by atoms with Crippen molar-refractivity contribution in [1.29, 1.82) is 0 Å². The molecule has 2 saturated heterocycles. The summed E-state index contributed by atoms with van der Waals surface area (Å²) in [6.45, 7) is 1.85. The number of imide groups is 1. The number of allylic oxidation sites excluding steroid dienone is 2. The Labute approximate surface area is 191 Å². The van der Waals surface area contributed by atoms with Gasteiger partial charge in [-0.3, -0.25) is 14.5 Å². The van der Waals surface area contributed by atoms with Crippen LogP contribution in [0.3, 0.4) is 0 Å².